The molecule has 0 fully saturated rings. The van der Waals surface area contributed by atoms with Gasteiger partial charge in [-0.25, -0.2) is 8.78 Å². The van der Waals surface area contributed by atoms with Gasteiger partial charge in [-0.15, -0.1) is 0 Å². The van der Waals surface area contributed by atoms with E-state index in [-0.39, 0.29) is 6.42 Å². The second kappa shape index (κ2) is 11.8. The van der Waals surface area contributed by atoms with Crippen LogP contribution in [0, 0.1) is 0 Å². The average molecular weight is 422 g/mol. The van der Waals surface area contributed by atoms with E-state index in [1.165, 1.54) is 0 Å². The Morgan fingerprint density at radius 1 is 0.677 bits per heavy atom. The second-order valence-electron chi connectivity index (χ2n) is 8.26. The van der Waals surface area contributed by atoms with Gasteiger partial charge in [0.05, 0.1) is 6.04 Å². The van der Waals surface area contributed by atoms with E-state index in [0.717, 1.165) is 30.4 Å². The number of unbranched alkanes of at least 4 members (excludes halogenated alkanes) is 3. The van der Waals surface area contributed by atoms with E-state index < -0.39 is 12.0 Å². The van der Waals surface area contributed by atoms with Crippen molar-refractivity contribution < 1.29 is 8.78 Å². The smallest absolute Gasteiger partial charge is 0.267 e. The van der Waals surface area contributed by atoms with Crippen LogP contribution in [-0.2, 0) is 13.1 Å². The lowest BCUT2D eigenvalue weighted by atomic mass is 9.93. The summed E-state index contributed by atoms with van der Waals surface area (Å²) < 4.78 is 31.6. The Balaban J connectivity index is 1.95. The molecule has 0 aliphatic carbocycles. The lowest BCUT2D eigenvalue weighted by Gasteiger charge is -2.37. The van der Waals surface area contributed by atoms with E-state index in [0.29, 0.717) is 25.1 Å². The molecule has 0 aliphatic heterocycles. The molecular formula is C28H33F2N. The van der Waals surface area contributed by atoms with Crippen molar-refractivity contribution in [3.8, 4) is 0 Å². The minimum atomic E-state index is -2.82. The molecule has 0 amide bonds. The van der Waals surface area contributed by atoms with Crippen molar-refractivity contribution >= 4 is 0 Å². The summed E-state index contributed by atoms with van der Waals surface area (Å²) in [5.74, 6) is -2.82. The van der Waals surface area contributed by atoms with Gasteiger partial charge in [0.1, 0.15) is 0 Å². The fraction of sp³-hybridized carbons (Fsp3) is 0.357. The standard InChI is InChI=1S/C28H33F2N/c1-2-3-4-14-21-28(29,30)27(26-19-12-7-13-20-26)31(22-24-15-8-5-9-16-24)23-25-17-10-6-11-18-25/h5-13,15-20,27H,2-4,14,21-23H2,1H3. The summed E-state index contributed by atoms with van der Waals surface area (Å²) in [6.07, 6.45) is 3.36. The molecule has 0 aromatic heterocycles. The van der Waals surface area contributed by atoms with Crippen LogP contribution in [-0.4, -0.2) is 10.8 Å². The highest BCUT2D eigenvalue weighted by molar-refractivity contribution is 5.24. The summed E-state index contributed by atoms with van der Waals surface area (Å²) in [7, 11) is 0. The van der Waals surface area contributed by atoms with Crippen LogP contribution in [0.2, 0.25) is 0 Å². The van der Waals surface area contributed by atoms with Gasteiger partial charge in [0.15, 0.2) is 0 Å². The Bertz CT molecular complexity index is 824. The van der Waals surface area contributed by atoms with Gasteiger partial charge in [0.25, 0.3) is 5.92 Å². The van der Waals surface area contributed by atoms with Crippen molar-refractivity contribution in [1.29, 1.82) is 0 Å². The van der Waals surface area contributed by atoms with Crippen LogP contribution in [0.25, 0.3) is 0 Å². The number of nitrogens with zero attached hydrogens (tertiary/aromatic N) is 1. The van der Waals surface area contributed by atoms with Gasteiger partial charge in [-0.3, -0.25) is 4.90 Å². The highest BCUT2D eigenvalue weighted by Gasteiger charge is 2.43. The molecule has 1 atom stereocenters. The average Bonchev–Trinajstić information content (AvgIpc) is 2.79. The third-order valence-electron chi connectivity index (χ3n) is 5.70. The second-order valence-corrected chi connectivity index (χ2v) is 8.26. The maximum Gasteiger partial charge on any atom is 0.267 e. The van der Waals surface area contributed by atoms with Crippen molar-refractivity contribution in [3.05, 3.63) is 108 Å². The van der Waals surface area contributed by atoms with Gasteiger partial charge in [0, 0.05) is 19.5 Å². The normalized spacial score (nSPS) is 12.8. The van der Waals surface area contributed by atoms with E-state index >= 15 is 8.78 Å². The van der Waals surface area contributed by atoms with Crippen LogP contribution < -0.4 is 0 Å². The zero-order chi connectivity index (χ0) is 21.9. The molecule has 0 saturated carbocycles. The summed E-state index contributed by atoms with van der Waals surface area (Å²) in [6, 6.07) is 28.2. The number of hydrogen-bond acceptors (Lipinski definition) is 1. The van der Waals surface area contributed by atoms with Gasteiger partial charge in [-0.2, -0.15) is 0 Å². The van der Waals surface area contributed by atoms with Crippen LogP contribution in [0.15, 0.2) is 91.0 Å². The predicted molar refractivity (Wildman–Crippen MR) is 125 cm³/mol. The molecular weight excluding hydrogens is 388 g/mol. The molecule has 164 valence electrons. The number of rotatable bonds is 12. The lowest BCUT2D eigenvalue weighted by Crippen LogP contribution is -2.40. The maximum atomic E-state index is 15.8. The van der Waals surface area contributed by atoms with Gasteiger partial charge in [-0.1, -0.05) is 117 Å². The zero-order valence-corrected chi connectivity index (χ0v) is 18.4. The molecule has 0 spiro atoms. The quantitative estimate of drug-likeness (QED) is 0.268. The zero-order valence-electron chi connectivity index (χ0n) is 18.4. The fourth-order valence-corrected chi connectivity index (χ4v) is 4.16. The van der Waals surface area contributed by atoms with E-state index in [4.69, 9.17) is 0 Å². The summed E-state index contributed by atoms with van der Waals surface area (Å²) in [5, 5.41) is 0. The molecule has 1 unspecified atom stereocenters. The van der Waals surface area contributed by atoms with E-state index in [1.807, 2.05) is 95.9 Å². The van der Waals surface area contributed by atoms with Crippen LogP contribution in [0.4, 0.5) is 8.78 Å². The largest absolute Gasteiger partial charge is 0.282 e. The van der Waals surface area contributed by atoms with Crippen LogP contribution in [0.5, 0.6) is 0 Å². The molecule has 3 aromatic carbocycles. The first-order valence-corrected chi connectivity index (χ1v) is 11.3. The molecule has 0 heterocycles. The maximum absolute atomic E-state index is 15.8. The number of halogens is 2. The van der Waals surface area contributed by atoms with Crippen molar-refractivity contribution in [2.45, 2.75) is 64.1 Å². The summed E-state index contributed by atoms with van der Waals surface area (Å²) in [5.41, 5.74) is 2.76. The summed E-state index contributed by atoms with van der Waals surface area (Å²) in [6.45, 7) is 3.05. The fourth-order valence-electron chi connectivity index (χ4n) is 4.16. The highest BCUT2D eigenvalue weighted by Crippen LogP contribution is 2.41. The first-order chi connectivity index (χ1) is 15.1. The first-order valence-electron chi connectivity index (χ1n) is 11.3. The SMILES string of the molecule is CCCCCCC(F)(F)C(c1ccccc1)N(Cc1ccccc1)Cc1ccccc1. The molecule has 3 aromatic rings. The number of benzene rings is 3. The molecule has 31 heavy (non-hydrogen) atoms. The van der Waals surface area contributed by atoms with Crippen molar-refractivity contribution in [3.63, 3.8) is 0 Å². The molecule has 1 nitrogen and oxygen atoms in total. The van der Waals surface area contributed by atoms with Gasteiger partial charge in [0.2, 0.25) is 0 Å². The van der Waals surface area contributed by atoms with Crippen molar-refractivity contribution in [1.82, 2.24) is 4.90 Å². The summed E-state index contributed by atoms with van der Waals surface area (Å²) in [4.78, 5) is 1.94. The summed E-state index contributed by atoms with van der Waals surface area (Å²) >= 11 is 0. The van der Waals surface area contributed by atoms with Crippen LogP contribution in [0.1, 0.15) is 61.8 Å². The van der Waals surface area contributed by atoms with E-state index in [1.54, 1.807) is 0 Å². The monoisotopic (exact) mass is 421 g/mol. The van der Waals surface area contributed by atoms with Gasteiger partial charge in [-0.05, 0) is 23.1 Å². The molecule has 0 N–H and O–H groups in total. The Morgan fingerprint density at radius 2 is 1.16 bits per heavy atom. The molecule has 3 heteroatoms. The van der Waals surface area contributed by atoms with Crippen molar-refractivity contribution in [2.24, 2.45) is 0 Å². The van der Waals surface area contributed by atoms with Gasteiger partial charge < -0.3 is 0 Å². The molecule has 3 rings (SSSR count). The Morgan fingerprint density at radius 3 is 1.65 bits per heavy atom. The van der Waals surface area contributed by atoms with E-state index in [9.17, 15) is 0 Å². The Kier molecular flexibility index (Phi) is 8.78. The van der Waals surface area contributed by atoms with E-state index in [2.05, 4.69) is 6.92 Å². The third kappa shape index (κ3) is 7.00. The number of hydrogen-bond donors (Lipinski definition) is 0. The number of alkyl halides is 2. The van der Waals surface area contributed by atoms with Crippen LogP contribution in [0.3, 0.4) is 0 Å². The minimum absolute atomic E-state index is 0.0906. The van der Waals surface area contributed by atoms with Crippen LogP contribution >= 0.6 is 0 Å². The minimum Gasteiger partial charge on any atom is -0.282 e. The first kappa shape index (κ1) is 23.1. The third-order valence-corrected chi connectivity index (χ3v) is 5.70. The van der Waals surface area contributed by atoms with Gasteiger partial charge >= 0.3 is 0 Å². The lowest BCUT2D eigenvalue weighted by molar-refractivity contribution is -0.0970. The predicted octanol–water partition coefficient (Wildman–Crippen LogP) is 8.04. The molecule has 0 radical (unpaired) electrons. The topological polar surface area (TPSA) is 3.24 Å². The Labute approximate surface area is 185 Å². The van der Waals surface area contributed by atoms with Crippen molar-refractivity contribution in [2.75, 3.05) is 0 Å². The highest BCUT2D eigenvalue weighted by atomic mass is 19.3. The Hall–Kier alpha value is -2.52. The molecule has 0 saturated heterocycles. The molecule has 0 aliphatic rings. The molecule has 0 bridgehead atoms.